The maximum atomic E-state index is 13.1. The van der Waals surface area contributed by atoms with E-state index in [0.29, 0.717) is 45.8 Å². The molecule has 0 bridgehead atoms. The maximum absolute atomic E-state index is 13.1. The quantitative estimate of drug-likeness (QED) is 0.281. The molecule has 0 saturated carbocycles. The van der Waals surface area contributed by atoms with Gasteiger partial charge >= 0.3 is 0 Å². The Hall–Kier alpha value is -3.76. The summed E-state index contributed by atoms with van der Waals surface area (Å²) >= 11 is 1.66. The summed E-state index contributed by atoms with van der Waals surface area (Å²) in [6, 6.07) is 7.35. The predicted octanol–water partition coefficient (Wildman–Crippen LogP) is 4.10. The van der Waals surface area contributed by atoms with E-state index in [9.17, 15) is 14.4 Å². The van der Waals surface area contributed by atoms with Gasteiger partial charge in [-0.15, -0.1) is 0 Å². The van der Waals surface area contributed by atoms with Gasteiger partial charge in [0.15, 0.2) is 0 Å². The van der Waals surface area contributed by atoms with Crippen molar-refractivity contribution in [2.24, 2.45) is 0 Å². The number of hydrogen-bond acceptors (Lipinski definition) is 7. The summed E-state index contributed by atoms with van der Waals surface area (Å²) in [5.41, 5.74) is 3.91. The summed E-state index contributed by atoms with van der Waals surface area (Å²) in [7, 11) is 0. The highest BCUT2D eigenvalue weighted by atomic mass is 32.1. The average molecular weight is 531 g/mol. The molecule has 5 heterocycles. The second-order valence-corrected chi connectivity index (χ2v) is 10.9. The van der Waals surface area contributed by atoms with Crippen LogP contribution in [0, 0.1) is 0 Å². The van der Waals surface area contributed by atoms with Crippen molar-refractivity contribution in [1.29, 1.82) is 0 Å². The van der Waals surface area contributed by atoms with Gasteiger partial charge in [-0.2, -0.15) is 11.3 Å². The third-order valence-corrected chi connectivity index (χ3v) is 8.08. The van der Waals surface area contributed by atoms with E-state index in [-0.39, 0.29) is 23.4 Å². The Kier molecular flexibility index (Phi) is 6.59. The molecule has 1 atom stereocenters. The number of likely N-dealkylation sites (tertiary alicyclic amines) is 1. The zero-order chi connectivity index (χ0) is 26.2. The first-order valence-electron chi connectivity index (χ1n) is 13.1. The van der Waals surface area contributed by atoms with Gasteiger partial charge in [-0.3, -0.25) is 19.3 Å². The molecule has 1 aromatic carbocycles. The minimum atomic E-state index is -0.278. The zero-order valence-electron chi connectivity index (χ0n) is 21.3. The predicted molar refractivity (Wildman–Crippen MR) is 149 cm³/mol. The highest BCUT2D eigenvalue weighted by Crippen LogP contribution is 2.30. The molecule has 3 N–H and O–H groups in total. The third kappa shape index (κ3) is 4.65. The molecule has 2 aliphatic heterocycles. The topological polar surface area (TPSA) is 114 Å². The number of carbonyl (C=O) groups excluding carboxylic acids is 2. The lowest BCUT2D eigenvalue weighted by Gasteiger charge is -2.17. The fraction of sp³-hybridized carbons (Fsp3) is 0.357. The summed E-state index contributed by atoms with van der Waals surface area (Å²) in [5.74, 6) is -0.162. The van der Waals surface area contributed by atoms with Gasteiger partial charge in [0.1, 0.15) is 11.4 Å². The highest BCUT2D eigenvalue weighted by molar-refractivity contribution is 7.07. The molecule has 0 spiro atoms. The summed E-state index contributed by atoms with van der Waals surface area (Å²) in [4.78, 5) is 53.4. The number of benzene rings is 1. The molecule has 10 heteroatoms. The van der Waals surface area contributed by atoms with Gasteiger partial charge in [0.05, 0.1) is 27.8 Å². The van der Waals surface area contributed by atoms with E-state index in [4.69, 9.17) is 0 Å². The fourth-order valence-corrected chi connectivity index (χ4v) is 6.17. The van der Waals surface area contributed by atoms with E-state index in [1.54, 1.807) is 29.7 Å². The Morgan fingerprint density at radius 2 is 1.87 bits per heavy atom. The van der Waals surface area contributed by atoms with Gasteiger partial charge in [0.25, 0.3) is 17.4 Å². The Labute approximate surface area is 223 Å². The largest absolute Gasteiger partial charge is 0.381 e. The van der Waals surface area contributed by atoms with Crippen LogP contribution in [-0.2, 0) is 6.42 Å². The second-order valence-electron chi connectivity index (χ2n) is 10.1. The number of amides is 2. The molecule has 6 rings (SSSR count). The first-order valence-corrected chi connectivity index (χ1v) is 14.0. The van der Waals surface area contributed by atoms with Crippen LogP contribution in [0.1, 0.15) is 52.5 Å². The fourth-order valence-electron chi connectivity index (χ4n) is 5.49. The van der Waals surface area contributed by atoms with E-state index in [0.717, 1.165) is 32.5 Å². The van der Waals surface area contributed by atoms with Gasteiger partial charge in [-0.1, -0.05) is 0 Å². The summed E-state index contributed by atoms with van der Waals surface area (Å²) in [6.07, 6.45) is 5.63. The Morgan fingerprint density at radius 1 is 1.08 bits per heavy atom. The number of aromatic amines is 2. The van der Waals surface area contributed by atoms with Crippen LogP contribution in [0.3, 0.4) is 0 Å². The minimum Gasteiger partial charge on any atom is -0.381 e. The number of imide groups is 1. The second kappa shape index (κ2) is 10.2. The van der Waals surface area contributed by atoms with Gasteiger partial charge < -0.3 is 20.2 Å². The molecule has 3 aromatic heterocycles. The number of anilines is 1. The Bertz CT molecular complexity index is 1500. The van der Waals surface area contributed by atoms with Crippen LogP contribution in [0.2, 0.25) is 0 Å². The number of aromatic nitrogens is 3. The van der Waals surface area contributed by atoms with E-state index in [1.165, 1.54) is 23.3 Å². The Morgan fingerprint density at radius 3 is 2.63 bits per heavy atom. The van der Waals surface area contributed by atoms with Crippen molar-refractivity contribution >= 4 is 39.9 Å². The van der Waals surface area contributed by atoms with Crippen LogP contribution in [-0.4, -0.2) is 68.8 Å². The molecule has 1 saturated heterocycles. The summed E-state index contributed by atoms with van der Waals surface area (Å²) < 4.78 is 0. The monoisotopic (exact) mass is 530 g/mol. The number of rotatable bonds is 9. The van der Waals surface area contributed by atoms with Crippen LogP contribution >= 0.6 is 11.3 Å². The van der Waals surface area contributed by atoms with Crippen molar-refractivity contribution in [2.75, 3.05) is 31.5 Å². The molecule has 2 amide bonds. The van der Waals surface area contributed by atoms with Crippen molar-refractivity contribution in [3.63, 3.8) is 0 Å². The standard InChI is InChI=1S/C28H30N6O3S/c1-17(13-18-6-12-38-16-18)30-21-5-7-29-26(35)24(21)25-31-22-14-19-20(15-23(22)32-25)28(37)34(27(19)36)11-4-10-33-8-2-3-9-33/h5-7,12,14-17H,2-4,8-11,13H2,1H3,(H,31,32)(H2,29,30,35). The van der Waals surface area contributed by atoms with Crippen LogP contribution in [0.5, 0.6) is 0 Å². The van der Waals surface area contributed by atoms with Crippen LogP contribution in [0.25, 0.3) is 22.4 Å². The van der Waals surface area contributed by atoms with E-state index >= 15 is 0 Å². The molecule has 0 radical (unpaired) electrons. The molecule has 0 aliphatic carbocycles. The number of thiophene rings is 1. The number of pyridine rings is 1. The molecule has 1 fully saturated rings. The first kappa shape index (κ1) is 24.6. The number of nitrogens with zero attached hydrogens (tertiary/aromatic N) is 3. The third-order valence-electron chi connectivity index (χ3n) is 7.35. The smallest absolute Gasteiger partial charge is 0.261 e. The molecule has 2 aliphatic rings. The zero-order valence-corrected chi connectivity index (χ0v) is 22.1. The highest BCUT2D eigenvalue weighted by Gasteiger charge is 2.36. The molecule has 1 unspecified atom stereocenters. The van der Waals surface area contributed by atoms with Crippen molar-refractivity contribution in [2.45, 2.75) is 38.6 Å². The number of nitrogens with one attached hydrogen (secondary N) is 3. The molecule has 196 valence electrons. The van der Waals surface area contributed by atoms with Crippen molar-refractivity contribution in [3.05, 3.63) is 68.3 Å². The molecule has 9 nitrogen and oxygen atoms in total. The van der Waals surface area contributed by atoms with Crippen molar-refractivity contribution in [3.8, 4) is 11.4 Å². The number of imidazole rings is 1. The number of carbonyl (C=O) groups is 2. The minimum absolute atomic E-state index is 0.0880. The summed E-state index contributed by atoms with van der Waals surface area (Å²) in [5, 5.41) is 7.61. The SMILES string of the molecule is CC(Cc1ccsc1)Nc1cc[nH]c(=O)c1-c1nc2cc3c(cc2[nH]1)C(=O)N(CCCN1CCCC1)C3=O. The normalized spacial score (nSPS) is 16.5. The van der Waals surface area contributed by atoms with Crippen LogP contribution in [0.15, 0.2) is 46.0 Å². The van der Waals surface area contributed by atoms with Gasteiger partial charge in [0.2, 0.25) is 0 Å². The van der Waals surface area contributed by atoms with E-state index in [1.807, 2.05) is 6.07 Å². The Balaban J connectivity index is 1.24. The number of fused-ring (bicyclic) bond motifs is 2. The van der Waals surface area contributed by atoms with Crippen LogP contribution < -0.4 is 10.9 Å². The van der Waals surface area contributed by atoms with Gasteiger partial charge in [0, 0.05) is 18.8 Å². The van der Waals surface area contributed by atoms with Crippen molar-refractivity contribution < 1.29 is 9.59 Å². The van der Waals surface area contributed by atoms with Gasteiger partial charge in [-0.05, 0) is 92.8 Å². The lowest BCUT2D eigenvalue weighted by molar-refractivity contribution is 0.0648. The lowest BCUT2D eigenvalue weighted by Crippen LogP contribution is -2.33. The van der Waals surface area contributed by atoms with Crippen molar-refractivity contribution in [1.82, 2.24) is 24.8 Å². The average Bonchev–Trinajstić information content (AvgIpc) is 3.69. The summed E-state index contributed by atoms with van der Waals surface area (Å²) in [6.45, 7) is 5.56. The molecular formula is C28H30N6O3S. The maximum Gasteiger partial charge on any atom is 0.261 e. The van der Waals surface area contributed by atoms with E-state index in [2.05, 4.69) is 48.9 Å². The molecule has 4 aromatic rings. The molecular weight excluding hydrogens is 500 g/mol. The van der Waals surface area contributed by atoms with Gasteiger partial charge in [-0.25, -0.2) is 4.98 Å². The number of hydrogen-bond donors (Lipinski definition) is 3. The van der Waals surface area contributed by atoms with Crippen LogP contribution in [0.4, 0.5) is 5.69 Å². The molecule has 38 heavy (non-hydrogen) atoms. The lowest BCUT2D eigenvalue weighted by atomic mass is 10.1. The first-order chi connectivity index (χ1) is 18.5. The number of H-pyrrole nitrogens is 2. The van der Waals surface area contributed by atoms with E-state index < -0.39 is 0 Å².